The van der Waals surface area contributed by atoms with E-state index in [1.54, 1.807) is 19.1 Å². The summed E-state index contributed by atoms with van der Waals surface area (Å²) in [5.74, 6) is -0.367. The maximum absolute atomic E-state index is 12.5. The lowest BCUT2D eigenvalue weighted by Crippen LogP contribution is -2.37. The molecule has 28 heavy (non-hydrogen) atoms. The molecule has 146 valence electrons. The lowest BCUT2D eigenvalue weighted by Gasteiger charge is -2.09. The van der Waals surface area contributed by atoms with Gasteiger partial charge in [-0.1, -0.05) is 18.2 Å². The number of nitrogens with zero attached hydrogens (tertiary/aromatic N) is 1. The molecule has 1 atom stereocenters. The van der Waals surface area contributed by atoms with E-state index in [0.717, 1.165) is 11.8 Å². The van der Waals surface area contributed by atoms with Gasteiger partial charge in [-0.25, -0.2) is 18.4 Å². The number of hydrogen-bond donors (Lipinski definition) is 3. The Labute approximate surface area is 164 Å². The van der Waals surface area contributed by atoms with E-state index in [-0.39, 0.29) is 15.8 Å². The zero-order chi connectivity index (χ0) is 20.3. The fraction of sp³-hybridized carbons (Fsp3) is 0.118. The second kappa shape index (κ2) is 8.00. The van der Waals surface area contributed by atoms with Gasteiger partial charge in [0.2, 0.25) is 21.6 Å². The highest BCUT2D eigenvalue weighted by Gasteiger charge is 2.28. The van der Waals surface area contributed by atoms with E-state index in [1.807, 2.05) is 18.2 Å². The highest BCUT2D eigenvalue weighted by molar-refractivity contribution is 8.00. The number of aromatic amines is 1. The molecule has 1 unspecified atom stereocenters. The molecule has 2 aromatic carbocycles. The normalized spacial score (nSPS) is 12.5. The van der Waals surface area contributed by atoms with Crippen LogP contribution in [0.15, 0.2) is 73.8 Å². The molecule has 4 N–H and O–H groups in total. The summed E-state index contributed by atoms with van der Waals surface area (Å²) in [5, 5.41) is 9.81. The van der Waals surface area contributed by atoms with Gasteiger partial charge in [-0.15, -0.1) is 0 Å². The van der Waals surface area contributed by atoms with Crippen LogP contribution in [0.4, 0.5) is 5.69 Å². The molecular formula is C17H17N4O5S2+. The topological polar surface area (TPSA) is 139 Å². The number of primary sulfonamides is 1. The summed E-state index contributed by atoms with van der Waals surface area (Å²) in [6, 6.07) is 14.5. The molecule has 0 aliphatic carbocycles. The van der Waals surface area contributed by atoms with Gasteiger partial charge in [0.25, 0.3) is 0 Å². The van der Waals surface area contributed by atoms with E-state index in [9.17, 15) is 18.0 Å². The average Bonchev–Trinajstić information content (AvgIpc) is 3.02. The first-order chi connectivity index (χ1) is 13.3. The third-order valence-corrected chi connectivity index (χ3v) is 5.80. The van der Waals surface area contributed by atoms with Crippen LogP contribution in [0.5, 0.6) is 0 Å². The first-order valence-electron chi connectivity index (χ1n) is 8.05. The summed E-state index contributed by atoms with van der Waals surface area (Å²) in [5.41, 5.74) is 0.495. The average molecular weight is 421 g/mol. The monoisotopic (exact) mass is 421 g/mol. The summed E-state index contributed by atoms with van der Waals surface area (Å²) in [6.45, 7) is 1.64. The van der Waals surface area contributed by atoms with Crippen molar-refractivity contribution in [2.45, 2.75) is 22.1 Å². The number of nitrogens with two attached hydrogens (primary N) is 1. The van der Waals surface area contributed by atoms with E-state index in [1.165, 1.54) is 28.9 Å². The highest BCUT2D eigenvalue weighted by Crippen LogP contribution is 2.20. The van der Waals surface area contributed by atoms with Crippen molar-refractivity contribution in [1.29, 1.82) is 0 Å². The molecule has 0 aliphatic heterocycles. The minimum absolute atomic E-state index is 0.0539. The predicted molar refractivity (Wildman–Crippen MR) is 103 cm³/mol. The van der Waals surface area contributed by atoms with Crippen LogP contribution in [0.3, 0.4) is 0 Å². The quantitative estimate of drug-likeness (QED) is 0.401. The number of para-hydroxylation sites is 1. The second-order valence-electron chi connectivity index (χ2n) is 5.78. The molecule has 0 radical (unpaired) electrons. The minimum Gasteiger partial charge on any atom is -0.325 e. The highest BCUT2D eigenvalue weighted by atomic mass is 32.2. The molecule has 1 aromatic heterocycles. The fourth-order valence-corrected chi connectivity index (χ4v) is 3.71. The third kappa shape index (κ3) is 4.50. The van der Waals surface area contributed by atoms with Gasteiger partial charge in [-0.3, -0.25) is 9.32 Å². The summed E-state index contributed by atoms with van der Waals surface area (Å²) in [6.07, 6.45) is 0. The zero-order valence-corrected chi connectivity index (χ0v) is 16.3. The fourth-order valence-electron chi connectivity index (χ4n) is 2.30. The van der Waals surface area contributed by atoms with Crippen molar-refractivity contribution < 1.29 is 22.4 Å². The van der Waals surface area contributed by atoms with E-state index in [2.05, 4.69) is 10.6 Å². The van der Waals surface area contributed by atoms with E-state index in [0.29, 0.717) is 11.4 Å². The van der Waals surface area contributed by atoms with Gasteiger partial charge in [0.15, 0.2) is 0 Å². The number of benzene rings is 2. The van der Waals surface area contributed by atoms with Crippen LogP contribution < -0.4 is 20.8 Å². The largest absolute Gasteiger partial charge is 0.442 e. The van der Waals surface area contributed by atoms with Crippen molar-refractivity contribution in [2.24, 2.45) is 5.14 Å². The lowest BCUT2D eigenvalue weighted by molar-refractivity contribution is -0.704. The number of sulfonamides is 1. The molecule has 0 spiro atoms. The van der Waals surface area contributed by atoms with Gasteiger partial charge in [0.05, 0.1) is 10.1 Å². The van der Waals surface area contributed by atoms with Crippen LogP contribution in [-0.2, 0) is 14.8 Å². The summed E-state index contributed by atoms with van der Waals surface area (Å²) in [4.78, 5) is 24.4. The Hall–Kier alpha value is -2.89. The maximum Gasteiger partial charge on any atom is 0.442 e. The molecule has 3 aromatic rings. The van der Waals surface area contributed by atoms with Crippen LogP contribution in [0, 0.1) is 0 Å². The van der Waals surface area contributed by atoms with Crippen molar-refractivity contribution in [3.05, 3.63) is 65.0 Å². The van der Waals surface area contributed by atoms with E-state index in [4.69, 9.17) is 9.66 Å². The van der Waals surface area contributed by atoms with Crippen molar-refractivity contribution in [1.82, 2.24) is 5.27 Å². The van der Waals surface area contributed by atoms with Crippen molar-refractivity contribution in [3.63, 3.8) is 0 Å². The SMILES string of the molecule is CC(Sc1c(=O)o[nH][n+]1-c1ccccc1)C(=O)Nc1ccc(S(N)(=O)=O)cc1. The van der Waals surface area contributed by atoms with E-state index < -0.39 is 20.9 Å². The Balaban J connectivity index is 1.73. The molecule has 0 fully saturated rings. The van der Waals surface area contributed by atoms with Crippen LogP contribution >= 0.6 is 11.8 Å². The number of rotatable bonds is 6. The van der Waals surface area contributed by atoms with Crippen LogP contribution in [-0.4, -0.2) is 24.8 Å². The first kappa shape index (κ1) is 19.9. The van der Waals surface area contributed by atoms with Gasteiger partial charge < -0.3 is 5.32 Å². The van der Waals surface area contributed by atoms with Crippen molar-refractivity contribution in [3.8, 4) is 5.69 Å². The molecule has 9 nitrogen and oxygen atoms in total. The van der Waals surface area contributed by atoms with Crippen LogP contribution in [0.25, 0.3) is 5.69 Å². The van der Waals surface area contributed by atoms with Gasteiger partial charge in [-0.05, 0) is 52.9 Å². The minimum atomic E-state index is -3.80. The van der Waals surface area contributed by atoms with Crippen LogP contribution in [0.1, 0.15) is 6.92 Å². The van der Waals surface area contributed by atoms with Gasteiger partial charge in [-0.2, -0.15) is 0 Å². The first-order valence-corrected chi connectivity index (χ1v) is 10.5. The van der Waals surface area contributed by atoms with Crippen molar-refractivity contribution in [2.75, 3.05) is 5.32 Å². The third-order valence-electron chi connectivity index (χ3n) is 3.73. The second-order valence-corrected chi connectivity index (χ2v) is 8.67. The molecule has 3 rings (SSSR count). The molecule has 0 saturated heterocycles. The number of hydrogen-bond acceptors (Lipinski definition) is 6. The number of H-pyrrole nitrogens is 1. The number of aromatic nitrogens is 2. The number of thioether (sulfide) groups is 1. The molecule has 0 saturated carbocycles. The summed E-state index contributed by atoms with van der Waals surface area (Å²) in [7, 11) is -3.80. The van der Waals surface area contributed by atoms with Gasteiger partial charge >= 0.3 is 10.7 Å². The number of amides is 1. The Morgan fingerprint density at radius 2 is 1.82 bits per heavy atom. The number of anilines is 1. The molecule has 11 heteroatoms. The molecule has 0 aliphatic rings. The lowest BCUT2D eigenvalue weighted by atomic mass is 10.3. The number of carbonyl (C=O) groups is 1. The summed E-state index contributed by atoms with van der Waals surface area (Å²) >= 11 is 1.03. The number of carbonyl (C=O) groups excluding carboxylic acids is 1. The maximum atomic E-state index is 12.5. The molecule has 1 amide bonds. The Morgan fingerprint density at radius 1 is 1.18 bits per heavy atom. The van der Waals surface area contributed by atoms with Gasteiger partial charge in [0.1, 0.15) is 0 Å². The zero-order valence-electron chi connectivity index (χ0n) is 14.7. The Bertz CT molecular complexity index is 1140. The number of nitrogens with one attached hydrogen (secondary N) is 2. The predicted octanol–water partition coefficient (Wildman–Crippen LogP) is 1.01. The smallest absolute Gasteiger partial charge is 0.325 e. The standard InChI is InChI=1S/C17H16N4O5S2/c1-11(15(22)19-12-7-9-14(10-8-12)28(18,24)25)27-16-17(23)26-20-21(16)13-5-3-2-4-6-13/h2-11H,1H3,(H3-,18,19,20,22,23,24,25)/p+1. The molecule has 1 heterocycles. The van der Waals surface area contributed by atoms with Crippen molar-refractivity contribution >= 4 is 33.4 Å². The van der Waals surface area contributed by atoms with E-state index >= 15 is 0 Å². The van der Waals surface area contributed by atoms with Crippen LogP contribution in [0.2, 0.25) is 0 Å². The molecule has 0 bridgehead atoms. The van der Waals surface area contributed by atoms with Gasteiger partial charge in [0, 0.05) is 17.8 Å². The Morgan fingerprint density at radius 3 is 2.43 bits per heavy atom. The Kier molecular flexibility index (Phi) is 5.68. The summed E-state index contributed by atoms with van der Waals surface area (Å²) < 4.78 is 28.9. The molecular weight excluding hydrogens is 404 g/mol.